The summed E-state index contributed by atoms with van der Waals surface area (Å²) >= 11 is 0. The fourth-order valence-electron chi connectivity index (χ4n) is 0.747. The van der Waals surface area contributed by atoms with Crippen molar-refractivity contribution in [1.29, 1.82) is 5.26 Å². The molecule has 1 heterocycles. The number of nitrogens with two attached hydrogens (primary N) is 1. The summed E-state index contributed by atoms with van der Waals surface area (Å²) in [4.78, 5) is 3.07. The van der Waals surface area contributed by atoms with Crippen LogP contribution >= 0.6 is 0 Å². The number of nitrogen functional groups attached to an aromatic ring is 1. The van der Waals surface area contributed by atoms with E-state index in [-0.39, 0.29) is 0 Å². The Morgan fingerprint density at radius 2 is 2.07 bits per heavy atom. The van der Waals surface area contributed by atoms with Gasteiger partial charge in [-0.15, -0.1) is 13.2 Å². The van der Waals surface area contributed by atoms with Crippen molar-refractivity contribution in [1.82, 2.24) is 4.98 Å². The highest BCUT2D eigenvalue weighted by molar-refractivity contribution is 5.51. The van der Waals surface area contributed by atoms with Crippen molar-refractivity contribution in [2.24, 2.45) is 0 Å². The lowest BCUT2D eigenvalue weighted by molar-refractivity contribution is -0.275. The van der Waals surface area contributed by atoms with Gasteiger partial charge in [0.25, 0.3) is 0 Å². The molecule has 8 heteroatoms. The lowest BCUT2D eigenvalue weighted by Gasteiger charge is -2.10. The number of pyridine rings is 1. The molecular weight excluding hydrogens is 218 g/mol. The first-order valence-corrected chi connectivity index (χ1v) is 3.45. The van der Waals surface area contributed by atoms with Crippen molar-refractivity contribution in [3.63, 3.8) is 0 Å². The van der Waals surface area contributed by atoms with E-state index < -0.39 is 29.4 Å². The van der Waals surface area contributed by atoms with Crippen molar-refractivity contribution < 1.29 is 22.3 Å². The van der Waals surface area contributed by atoms with Crippen LogP contribution in [-0.2, 0) is 0 Å². The van der Waals surface area contributed by atoms with Crippen molar-refractivity contribution >= 4 is 5.69 Å². The van der Waals surface area contributed by atoms with Crippen LogP contribution in [0.2, 0.25) is 0 Å². The molecule has 0 saturated carbocycles. The van der Waals surface area contributed by atoms with Gasteiger partial charge in [-0.3, -0.25) is 0 Å². The number of nitrogens with zero attached hydrogens (tertiary/aromatic N) is 2. The van der Waals surface area contributed by atoms with Gasteiger partial charge in [-0.1, -0.05) is 0 Å². The zero-order valence-electron chi connectivity index (χ0n) is 6.97. The minimum Gasteiger partial charge on any atom is -0.392 e. The largest absolute Gasteiger partial charge is 0.574 e. The predicted octanol–water partition coefficient (Wildman–Crippen LogP) is 1.57. The highest BCUT2D eigenvalue weighted by Crippen LogP contribution is 2.28. The van der Waals surface area contributed by atoms with Crippen LogP contribution in [0.4, 0.5) is 23.2 Å². The molecule has 1 aromatic heterocycles. The number of aromatic nitrogens is 1. The minimum atomic E-state index is -5.04. The van der Waals surface area contributed by atoms with E-state index in [4.69, 9.17) is 11.0 Å². The third-order valence-electron chi connectivity index (χ3n) is 1.30. The molecule has 0 radical (unpaired) electrons. The summed E-state index contributed by atoms with van der Waals surface area (Å²) in [7, 11) is 0. The van der Waals surface area contributed by atoms with Crippen LogP contribution in [0.15, 0.2) is 6.07 Å². The summed E-state index contributed by atoms with van der Waals surface area (Å²) in [6, 6.07) is 1.98. The van der Waals surface area contributed by atoms with Crippen LogP contribution in [0.5, 0.6) is 5.88 Å². The van der Waals surface area contributed by atoms with Gasteiger partial charge in [0.05, 0.1) is 0 Å². The van der Waals surface area contributed by atoms with Gasteiger partial charge in [0.15, 0.2) is 5.82 Å². The van der Waals surface area contributed by atoms with Crippen LogP contribution in [0, 0.1) is 17.1 Å². The summed E-state index contributed by atoms with van der Waals surface area (Å²) in [5, 5.41) is 8.32. The molecule has 0 saturated heterocycles. The molecule has 0 aliphatic heterocycles. The zero-order chi connectivity index (χ0) is 11.6. The second-order valence-corrected chi connectivity index (χ2v) is 2.37. The van der Waals surface area contributed by atoms with Gasteiger partial charge >= 0.3 is 6.36 Å². The quantitative estimate of drug-likeness (QED) is 0.730. The van der Waals surface area contributed by atoms with Crippen LogP contribution in [-0.4, -0.2) is 11.3 Å². The molecule has 0 aliphatic rings. The molecule has 0 unspecified atom stereocenters. The zero-order valence-corrected chi connectivity index (χ0v) is 6.97. The van der Waals surface area contributed by atoms with Gasteiger partial charge < -0.3 is 10.5 Å². The number of anilines is 1. The monoisotopic (exact) mass is 221 g/mol. The predicted molar refractivity (Wildman–Crippen MR) is 40.0 cm³/mol. The second-order valence-electron chi connectivity index (χ2n) is 2.37. The molecule has 0 spiro atoms. The Labute approximate surface area is 80.9 Å². The van der Waals surface area contributed by atoms with E-state index in [2.05, 4.69) is 9.72 Å². The number of hydrogen-bond donors (Lipinski definition) is 1. The number of halogens is 4. The molecule has 80 valence electrons. The van der Waals surface area contributed by atoms with E-state index in [0.717, 1.165) is 0 Å². The Balaban J connectivity index is 3.18. The maximum Gasteiger partial charge on any atom is 0.574 e. The van der Waals surface area contributed by atoms with E-state index in [1.165, 1.54) is 6.07 Å². The first-order chi connectivity index (χ1) is 6.83. The van der Waals surface area contributed by atoms with E-state index in [9.17, 15) is 17.6 Å². The molecule has 0 fully saturated rings. The smallest absolute Gasteiger partial charge is 0.392 e. The lowest BCUT2D eigenvalue weighted by atomic mass is 10.3. The van der Waals surface area contributed by atoms with Crippen molar-refractivity contribution in [3.8, 4) is 11.9 Å². The van der Waals surface area contributed by atoms with E-state index in [1.807, 2.05) is 0 Å². The third-order valence-corrected chi connectivity index (χ3v) is 1.30. The highest BCUT2D eigenvalue weighted by atomic mass is 19.4. The fraction of sp³-hybridized carbons (Fsp3) is 0.143. The standard InChI is InChI=1S/C7H3F4N3O/c8-4-1-3(2-12)14-6(5(4)13)15-7(9,10)11/h1H,13H2. The Morgan fingerprint density at radius 1 is 1.47 bits per heavy atom. The summed E-state index contributed by atoms with van der Waals surface area (Å²) in [5.41, 5.74) is 3.49. The molecule has 0 aromatic carbocycles. The number of alkyl halides is 3. The average Bonchev–Trinajstić information content (AvgIpc) is 2.10. The van der Waals surface area contributed by atoms with Gasteiger partial charge in [-0.05, 0) is 0 Å². The summed E-state index contributed by atoms with van der Waals surface area (Å²) in [6.07, 6.45) is -5.04. The van der Waals surface area contributed by atoms with Gasteiger partial charge in [-0.25, -0.2) is 9.37 Å². The number of nitriles is 1. The van der Waals surface area contributed by atoms with Gasteiger partial charge in [0.2, 0.25) is 5.88 Å². The SMILES string of the molecule is N#Cc1cc(F)c(N)c(OC(F)(F)F)n1. The fourth-order valence-corrected chi connectivity index (χ4v) is 0.747. The molecule has 0 amide bonds. The van der Waals surface area contributed by atoms with Crippen LogP contribution in [0.25, 0.3) is 0 Å². The third kappa shape index (κ3) is 2.70. The number of hydrogen-bond acceptors (Lipinski definition) is 4. The molecule has 2 N–H and O–H groups in total. The first kappa shape index (κ1) is 11.0. The summed E-state index contributed by atoms with van der Waals surface area (Å²) in [6.45, 7) is 0. The van der Waals surface area contributed by atoms with E-state index in [0.29, 0.717) is 6.07 Å². The average molecular weight is 221 g/mol. The van der Waals surface area contributed by atoms with Gasteiger partial charge in [0.1, 0.15) is 17.5 Å². The molecule has 0 aliphatic carbocycles. The lowest BCUT2D eigenvalue weighted by Crippen LogP contribution is -2.19. The number of rotatable bonds is 1. The maximum atomic E-state index is 12.8. The molecule has 1 aromatic rings. The Kier molecular flexibility index (Phi) is 2.65. The topological polar surface area (TPSA) is 71.9 Å². The molecule has 15 heavy (non-hydrogen) atoms. The summed E-state index contributed by atoms with van der Waals surface area (Å²) < 4.78 is 51.5. The molecular formula is C7H3F4N3O. The van der Waals surface area contributed by atoms with E-state index in [1.54, 1.807) is 0 Å². The normalized spacial score (nSPS) is 10.9. The summed E-state index contributed by atoms with van der Waals surface area (Å²) in [5.74, 6) is -2.36. The van der Waals surface area contributed by atoms with Crippen LogP contribution < -0.4 is 10.5 Å². The molecule has 4 nitrogen and oxygen atoms in total. The van der Waals surface area contributed by atoms with Gasteiger partial charge in [-0.2, -0.15) is 5.26 Å². The molecule has 0 atom stereocenters. The minimum absolute atomic E-state index is 0.555. The van der Waals surface area contributed by atoms with Gasteiger partial charge in [0, 0.05) is 6.07 Å². The Bertz CT molecular complexity index is 423. The molecule has 0 bridgehead atoms. The molecule has 1 rings (SSSR count). The maximum absolute atomic E-state index is 12.8. The number of ether oxygens (including phenoxy) is 1. The van der Waals surface area contributed by atoms with E-state index >= 15 is 0 Å². The highest BCUT2D eigenvalue weighted by Gasteiger charge is 2.33. The van der Waals surface area contributed by atoms with Crippen molar-refractivity contribution in [2.45, 2.75) is 6.36 Å². The van der Waals surface area contributed by atoms with Crippen LogP contribution in [0.3, 0.4) is 0 Å². The van der Waals surface area contributed by atoms with Crippen molar-refractivity contribution in [2.75, 3.05) is 5.73 Å². The Morgan fingerprint density at radius 3 is 2.53 bits per heavy atom. The Hall–Kier alpha value is -2.04. The van der Waals surface area contributed by atoms with Crippen molar-refractivity contribution in [3.05, 3.63) is 17.6 Å². The second kappa shape index (κ2) is 3.61. The first-order valence-electron chi connectivity index (χ1n) is 3.45. The van der Waals surface area contributed by atoms with Crippen LogP contribution in [0.1, 0.15) is 5.69 Å².